The maximum atomic E-state index is 12.1. The van der Waals surface area contributed by atoms with Crippen LogP contribution in [0.1, 0.15) is 92.9 Å². The van der Waals surface area contributed by atoms with Crippen LogP contribution in [0.5, 0.6) is 0 Å². The fourth-order valence-electron chi connectivity index (χ4n) is 3.93. The number of hydrogen-bond donors (Lipinski definition) is 2. The summed E-state index contributed by atoms with van der Waals surface area (Å²) in [5.41, 5.74) is -0.894. The van der Waals surface area contributed by atoms with Gasteiger partial charge in [-0.2, -0.15) is 0 Å². The Morgan fingerprint density at radius 1 is 0.760 bits per heavy atom. The third kappa shape index (κ3) is 10.5. The number of carboxylic acids is 2. The predicted molar refractivity (Wildman–Crippen MR) is 103 cm³/mol. The lowest BCUT2D eigenvalue weighted by Gasteiger charge is -2.32. The lowest BCUT2D eigenvalue weighted by atomic mass is 9.72. The van der Waals surface area contributed by atoms with Gasteiger partial charge in [-0.25, -0.2) is 0 Å². The molecule has 2 atom stereocenters. The molecule has 0 bridgehead atoms. The minimum absolute atomic E-state index is 0.0660. The molecular weight excluding hydrogens is 316 g/mol. The van der Waals surface area contributed by atoms with E-state index in [1.165, 1.54) is 0 Å². The van der Waals surface area contributed by atoms with Crippen LogP contribution in [-0.2, 0) is 9.59 Å². The van der Waals surface area contributed by atoms with E-state index in [1.807, 2.05) is 0 Å². The van der Waals surface area contributed by atoms with Gasteiger partial charge in [-0.1, -0.05) is 41.5 Å². The van der Waals surface area contributed by atoms with Gasteiger partial charge in [0, 0.05) is 6.42 Å². The molecule has 4 heteroatoms. The molecule has 0 saturated carbocycles. The topological polar surface area (TPSA) is 74.6 Å². The molecule has 148 valence electrons. The van der Waals surface area contributed by atoms with Crippen molar-refractivity contribution in [3.63, 3.8) is 0 Å². The van der Waals surface area contributed by atoms with Crippen LogP contribution < -0.4 is 0 Å². The van der Waals surface area contributed by atoms with Crippen LogP contribution in [0.2, 0.25) is 0 Å². The fourth-order valence-corrected chi connectivity index (χ4v) is 3.93. The van der Waals surface area contributed by atoms with E-state index >= 15 is 0 Å². The first-order valence-corrected chi connectivity index (χ1v) is 9.93. The fraction of sp³-hybridized carbons (Fsp3) is 0.905. The summed E-state index contributed by atoms with van der Waals surface area (Å²) in [6, 6.07) is 0. The minimum Gasteiger partial charge on any atom is -0.481 e. The van der Waals surface area contributed by atoms with Crippen molar-refractivity contribution in [1.82, 2.24) is 0 Å². The lowest BCUT2D eigenvalue weighted by Crippen LogP contribution is -2.33. The molecule has 0 radical (unpaired) electrons. The van der Waals surface area contributed by atoms with E-state index in [1.54, 1.807) is 0 Å². The first-order valence-electron chi connectivity index (χ1n) is 9.93. The van der Waals surface area contributed by atoms with E-state index in [9.17, 15) is 14.7 Å². The molecule has 2 unspecified atom stereocenters. The summed E-state index contributed by atoms with van der Waals surface area (Å²) in [4.78, 5) is 23.2. The van der Waals surface area contributed by atoms with Gasteiger partial charge in [0.15, 0.2) is 0 Å². The van der Waals surface area contributed by atoms with Crippen LogP contribution in [0, 0.1) is 29.1 Å². The summed E-state index contributed by atoms with van der Waals surface area (Å²) >= 11 is 0. The SMILES string of the molecule is CC(C)CC(C)CCC(CCC(=O)O)(CCC(C)CC(C)C)C(=O)O. The third-order valence-corrected chi connectivity index (χ3v) is 5.25. The highest BCUT2D eigenvalue weighted by Gasteiger charge is 2.38. The maximum absolute atomic E-state index is 12.1. The summed E-state index contributed by atoms with van der Waals surface area (Å²) < 4.78 is 0. The maximum Gasteiger partial charge on any atom is 0.309 e. The van der Waals surface area contributed by atoms with E-state index in [2.05, 4.69) is 41.5 Å². The van der Waals surface area contributed by atoms with E-state index < -0.39 is 17.4 Å². The summed E-state index contributed by atoms with van der Waals surface area (Å²) in [7, 11) is 0. The molecule has 0 aliphatic carbocycles. The van der Waals surface area contributed by atoms with Gasteiger partial charge in [0.05, 0.1) is 5.41 Å². The van der Waals surface area contributed by atoms with E-state index in [-0.39, 0.29) is 12.8 Å². The Morgan fingerprint density at radius 2 is 1.16 bits per heavy atom. The van der Waals surface area contributed by atoms with Crippen molar-refractivity contribution in [1.29, 1.82) is 0 Å². The number of hydrogen-bond acceptors (Lipinski definition) is 2. The molecule has 0 aromatic carbocycles. The van der Waals surface area contributed by atoms with Crippen molar-refractivity contribution >= 4 is 11.9 Å². The lowest BCUT2D eigenvalue weighted by molar-refractivity contribution is -0.152. The first kappa shape index (κ1) is 23.9. The molecule has 0 saturated heterocycles. The van der Waals surface area contributed by atoms with Gasteiger partial charge in [-0.3, -0.25) is 9.59 Å². The van der Waals surface area contributed by atoms with Crippen molar-refractivity contribution in [3.05, 3.63) is 0 Å². The zero-order valence-electron chi connectivity index (χ0n) is 17.2. The zero-order valence-corrected chi connectivity index (χ0v) is 17.2. The molecule has 0 rings (SSSR count). The van der Waals surface area contributed by atoms with Crippen LogP contribution in [0.3, 0.4) is 0 Å². The van der Waals surface area contributed by atoms with Gasteiger partial charge in [0.25, 0.3) is 0 Å². The van der Waals surface area contributed by atoms with Crippen LogP contribution >= 0.6 is 0 Å². The van der Waals surface area contributed by atoms with Crippen LogP contribution in [-0.4, -0.2) is 22.2 Å². The normalized spacial score (nSPS) is 16.6. The molecule has 0 aromatic rings. The number of carboxylic acid groups (broad SMARTS) is 2. The number of rotatable bonds is 14. The van der Waals surface area contributed by atoms with Crippen LogP contribution in [0.25, 0.3) is 0 Å². The van der Waals surface area contributed by atoms with Crippen molar-refractivity contribution in [2.24, 2.45) is 29.1 Å². The highest BCUT2D eigenvalue weighted by Crippen LogP contribution is 2.39. The van der Waals surface area contributed by atoms with Gasteiger partial charge < -0.3 is 10.2 Å². The molecule has 0 aliphatic heterocycles. The molecule has 0 aromatic heterocycles. The third-order valence-electron chi connectivity index (χ3n) is 5.25. The van der Waals surface area contributed by atoms with Crippen molar-refractivity contribution in [2.75, 3.05) is 0 Å². The highest BCUT2D eigenvalue weighted by atomic mass is 16.4. The minimum atomic E-state index is -0.906. The Morgan fingerprint density at radius 3 is 1.44 bits per heavy atom. The van der Waals surface area contributed by atoms with E-state index in [0.717, 1.165) is 25.7 Å². The van der Waals surface area contributed by atoms with Crippen molar-refractivity contribution in [3.8, 4) is 0 Å². The Kier molecular flexibility index (Phi) is 11.0. The average Bonchev–Trinajstić information content (AvgIpc) is 2.44. The number of aliphatic carboxylic acids is 2. The van der Waals surface area contributed by atoms with Gasteiger partial charge in [-0.05, 0) is 68.6 Å². The van der Waals surface area contributed by atoms with Crippen LogP contribution in [0.15, 0.2) is 0 Å². The van der Waals surface area contributed by atoms with Crippen molar-refractivity contribution in [2.45, 2.75) is 92.9 Å². The molecule has 4 nitrogen and oxygen atoms in total. The molecule has 2 N–H and O–H groups in total. The second kappa shape index (κ2) is 11.5. The molecule has 0 aliphatic rings. The van der Waals surface area contributed by atoms with E-state index in [4.69, 9.17) is 5.11 Å². The molecular formula is C21H40O4. The molecule has 0 fully saturated rings. The summed E-state index contributed by atoms with van der Waals surface area (Å²) in [5.74, 6) is 0.408. The average molecular weight is 357 g/mol. The summed E-state index contributed by atoms with van der Waals surface area (Å²) in [5, 5.41) is 19.0. The van der Waals surface area contributed by atoms with Crippen LogP contribution in [0.4, 0.5) is 0 Å². The molecule has 0 spiro atoms. The second-order valence-corrected chi connectivity index (χ2v) is 9.03. The van der Waals surface area contributed by atoms with E-state index in [0.29, 0.717) is 36.5 Å². The smallest absolute Gasteiger partial charge is 0.309 e. The standard InChI is InChI=1S/C21H40O4/c1-15(2)13-17(5)7-10-21(20(24)25,12-9-19(22)23)11-8-18(6)14-16(3)4/h15-18H,7-14H2,1-6H3,(H,22,23)(H,24,25). The molecule has 0 heterocycles. The second-order valence-electron chi connectivity index (χ2n) is 9.03. The summed E-state index contributed by atoms with van der Waals surface area (Å²) in [6.07, 6.45) is 5.20. The Bertz CT molecular complexity index is 381. The highest BCUT2D eigenvalue weighted by molar-refractivity contribution is 5.76. The monoisotopic (exact) mass is 356 g/mol. The van der Waals surface area contributed by atoms with Gasteiger partial charge in [-0.15, -0.1) is 0 Å². The van der Waals surface area contributed by atoms with Gasteiger partial charge >= 0.3 is 11.9 Å². The molecule has 25 heavy (non-hydrogen) atoms. The Balaban J connectivity index is 5.03. The van der Waals surface area contributed by atoms with Gasteiger partial charge in [0.1, 0.15) is 0 Å². The number of carbonyl (C=O) groups is 2. The zero-order chi connectivity index (χ0) is 19.6. The quantitative estimate of drug-likeness (QED) is 0.409. The first-order chi connectivity index (χ1) is 11.5. The Labute approximate surface area is 154 Å². The Hall–Kier alpha value is -1.06. The van der Waals surface area contributed by atoms with Gasteiger partial charge in [0.2, 0.25) is 0 Å². The molecule has 0 amide bonds. The van der Waals surface area contributed by atoms with Crippen molar-refractivity contribution < 1.29 is 19.8 Å². The summed E-state index contributed by atoms with van der Waals surface area (Å²) in [6.45, 7) is 13.1. The predicted octanol–water partition coefficient (Wildman–Crippen LogP) is 5.85. The largest absolute Gasteiger partial charge is 0.481 e.